The highest BCUT2D eigenvalue weighted by atomic mass is 32.1. The van der Waals surface area contributed by atoms with E-state index in [1.165, 1.54) is 37.0 Å². The van der Waals surface area contributed by atoms with Crippen LogP contribution < -0.4 is 0 Å². The van der Waals surface area contributed by atoms with E-state index in [9.17, 15) is 0 Å². The van der Waals surface area contributed by atoms with Crippen molar-refractivity contribution in [3.63, 3.8) is 0 Å². The van der Waals surface area contributed by atoms with Gasteiger partial charge in [-0.05, 0) is 63.3 Å². The first-order chi connectivity index (χ1) is 14.4. The molecule has 0 spiro atoms. The Balaban J connectivity index is 2.62. The van der Waals surface area contributed by atoms with E-state index in [0.29, 0.717) is 6.61 Å². The molecule has 30 heavy (non-hydrogen) atoms. The van der Waals surface area contributed by atoms with E-state index in [1.54, 1.807) is 6.08 Å². The summed E-state index contributed by atoms with van der Waals surface area (Å²) in [5.74, 6) is 1.70. The second kappa shape index (κ2) is 15.0. The molecule has 2 nitrogen and oxygen atoms in total. The van der Waals surface area contributed by atoms with Gasteiger partial charge < -0.3 is 9.64 Å². The third-order valence-electron chi connectivity index (χ3n) is 5.44. The lowest BCUT2D eigenvalue weighted by molar-refractivity contribution is 0.228. The van der Waals surface area contributed by atoms with Gasteiger partial charge in [-0.15, -0.1) is 12.6 Å². The Hall–Kier alpha value is -1.87. The summed E-state index contributed by atoms with van der Waals surface area (Å²) in [6.07, 6.45) is 22.5. The number of likely N-dealkylation sites (N-methyl/N-ethyl adjacent to an activating group) is 1. The summed E-state index contributed by atoms with van der Waals surface area (Å²) in [5, 5.41) is 0. The smallest absolute Gasteiger partial charge is 0.127 e. The third kappa shape index (κ3) is 9.75. The molecule has 0 heterocycles. The van der Waals surface area contributed by atoms with Crippen LogP contribution in [0.3, 0.4) is 0 Å². The minimum Gasteiger partial charge on any atom is -0.492 e. The monoisotopic (exact) mass is 427 g/mol. The Labute approximate surface area is 190 Å². The molecule has 3 heteroatoms. The molecule has 1 rings (SSSR count). The number of nitrogens with zero attached hydrogens (tertiary/aromatic N) is 1. The van der Waals surface area contributed by atoms with Crippen LogP contribution in [-0.2, 0) is 4.74 Å². The first-order valence-corrected chi connectivity index (χ1v) is 11.6. The minimum atomic E-state index is 0.606. The van der Waals surface area contributed by atoms with Crippen molar-refractivity contribution in [1.29, 1.82) is 0 Å². The van der Waals surface area contributed by atoms with E-state index in [0.717, 1.165) is 41.5 Å². The Morgan fingerprint density at radius 1 is 1.17 bits per heavy atom. The molecule has 0 aromatic carbocycles. The van der Waals surface area contributed by atoms with E-state index >= 15 is 0 Å². The van der Waals surface area contributed by atoms with Crippen LogP contribution in [0, 0.1) is 5.92 Å². The summed E-state index contributed by atoms with van der Waals surface area (Å²) in [6.45, 7) is 14.8. The predicted molar refractivity (Wildman–Crippen MR) is 136 cm³/mol. The second-order valence-corrected chi connectivity index (χ2v) is 8.55. The summed E-state index contributed by atoms with van der Waals surface area (Å²) in [6, 6.07) is 0. The summed E-state index contributed by atoms with van der Waals surface area (Å²) in [5.41, 5.74) is 3.77. The van der Waals surface area contributed by atoms with Gasteiger partial charge in [0.25, 0.3) is 0 Å². The fourth-order valence-corrected chi connectivity index (χ4v) is 3.64. The van der Waals surface area contributed by atoms with Crippen molar-refractivity contribution in [3.8, 4) is 0 Å². The van der Waals surface area contributed by atoms with Crippen molar-refractivity contribution in [2.24, 2.45) is 5.92 Å². The number of allylic oxidation sites excluding steroid dienone is 9. The average Bonchev–Trinajstić information content (AvgIpc) is 2.70. The Kier molecular flexibility index (Phi) is 13.1. The van der Waals surface area contributed by atoms with Crippen molar-refractivity contribution in [3.05, 3.63) is 83.3 Å². The zero-order chi connectivity index (χ0) is 22.4. The molecule has 0 saturated heterocycles. The van der Waals surface area contributed by atoms with Crippen molar-refractivity contribution in [1.82, 2.24) is 4.90 Å². The molecule has 0 aliphatic heterocycles. The highest BCUT2D eigenvalue weighted by Gasteiger charge is 2.16. The van der Waals surface area contributed by atoms with Gasteiger partial charge in [0.05, 0.1) is 6.61 Å². The Morgan fingerprint density at radius 3 is 2.47 bits per heavy atom. The molecule has 1 aliphatic carbocycles. The Bertz CT molecular complexity index is 704. The molecule has 0 atom stereocenters. The second-order valence-electron chi connectivity index (χ2n) is 8.01. The molecule has 1 aliphatic rings. The van der Waals surface area contributed by atoms with Crippen molar-refractivity contribution in [2.75, 3.05) is 13.7 Å². The van der Waals surface area contributed by atoms with Crippen LogP contribution in [0.4, 0.5) is 0 Å². The van der Waals surface area contributed by atoms with Crippen molar-refractivity contribution in [2.45, 2.75) is 65.7 Å². The largest absolute Gasteiger partial charge is 0.492 e. The van der Waals surface area contributed by atoms with Crippen LogP contribution in [0.2, 0.25) is 0 Å². The summed E-state index contributed by atoms with van der Waals surface area (Å²) < 4.78 is 5.83. The fraction of sp³-hybridized carbons (Fsp3) is 0.481. The summed E-state index contributed by atoms with van der Waals surface area (Å²) in [4.78, 5) is 3.15. The van der Waals surface area contributed by atoms with Crippen molar-refractivity contribution >= 4 is 12.6 Å². The Morgan fingerprint density at radius 2 is 1.90 bits per heavy atom. The van der Waals surface area contributed by atoms with Gasteiger partial charge in [0.2, 0.25) is 0 Å². The van der Waals surface area contributed by atoms with E-state index < -0.39 is 0 Å². The molecule has 1 saturated carbocycles. The fourth-order valence-electron chi connectivity index (χ4n) is 3.26. The van der Waals surface area contributed by atoms with Gasteiger partial charge in [-0.25, -0.2) is 0 Å². The zero-order valence-electron chi connectivity index (χ0n) is 19.5. The first-order valence-electron chi connectivity index (χ1n) is 11.2. The first kappa shape index (κ1) is 26.2. The van der Waals surface area contributed by atoms with E-state index in [4.69, 9.17) is 4.74 Å². The highest BCUT2D eigenvalue weighted by molar-refractivity contribution is 7.84. The molecule has 0 aromatic heterocycles. The lowest BCUT2D eigenvalue weighted by Gasteiger charge is -2.25. The van der Waals surface area contributed by atoms with Gasteiger partial charge in [-0.2, -0.15) is 0 Å². The van der Waals surface area contributed by atoms with E-state index in [1.807, 2.05) is 12.2 Å². The van der Waals surface area contributed by atoms with E-state index in [-0.39, 0.29) is 0 Å². The van der Waals surface area contributed by atoms with Gasteiger partial charge in [-0.1, -0.05) is 69.6 Å². The number of ether oxygens (including phenoxy) is 1. The quantitative estimate of drug-likeness (QED) is 0.130. The number of rotatable bonds is 14. The lowest BCUT2D eigenvalue weighted by Crippen LogP contribution is -2.14. The SMILES string of the molecule is C=C/C=C(\C=C/CCO/C(C=C)=C(\S)CCC)N(C)/C(C)=C/C=C(\C)CC1CCC1. The van der Waals surface area contributed by atoms with Gasteiger partial charge in [-0.3, -0.25) is 0 Å². The molecule has 166 valence electrons. The molecule has 0 radical (unpaired) electrons. The van der Waals surface area contributed by atoms with E-state index in [2.05, 4.69) is 82.8 Å². The van der Waals surface area contributed by atoms with Crippen LogP contribution in [0.1, 0.15) is 65.7 Å². The number of hydrogen-bond acceptors (Lipinski definition) is 3. The van der Waals surface area contributed by atoms with Crippen LogP contribution in [-0.4, -0.2) is 18.6 Å². The highest BCUT2D eigenvalue weighted by Crippen LogP contribution is 2.31. The maximum atomic E-state index is 5.83. The molecule has 0 bridgehead atoms. The zero-order valence-corrected chi connectivity index (χ0v) is 20.4. The maximum absolute atomic E-state index is 5.83. The van der Waals surface area contributed by atoms with Gasteiger partial charge >= 0.3 is 0 Å². The van der Waals surface area contributed by atoms with Crippen LogP contribution in [0.25, 0.3) is 0 Å². The average molecular weight is 428 g/mol. The number of hydrogen-bond donors (Lipinski definition) is 1. The normalized spacial score (nSPS) is 16.9. The molecule has 0 aromatic rings. The number of thiol groups is 1. The van der Waals surface area contributed by atoms with Crippen molar-refractivity contribution < 1.29 is 4.74 Å². The molecule has 0 amide bonds. The standard InChI is InChI=1S/C27H41NOS/c1-7-13-25(17-10-11-20-29-26(9-3)27(30)14-8-2)28(6)23(5)19-18-22(4)21-24-15-12-16-24/h7,9-10,13,17-19,24,30H,1,3,8,11-12,14-16,20-21H2,2,4-6H3/b17-10-,22-18+,23-19+,25-13+,27-26-. The van der Waals surface area contributed by atoms with Gasteiger partial charge in [0.1, 0.15) is 5.76 Å². The molecule has 0 unspecified atom stereocenters. The molecule has 1 fully saturated rings. The summed E-state index contributed by atoms with van der Waals surface area (Å²) >= 11 is 4.51. The van der Waals surface area contributed by atoms with Gasteiger partial charge in [0.15, 0.2) is 0 Å². The lowest BCUT2D eigenvalue weighted by atomic mass is 9.81. The predicted octanol–water partition coefficient (Wildman–Crippen LogP) is 8.12. The maximum Gasteiger partial charge on any atom is 0.127 e. The molecule has 0 N–H and O–H groups in total. The van der Waals surface area contributed by atoms with Crippen LogP contribution in [0.5, 0.6) is 0 Å². The molecular formula is C27H41NOS. The molecular weight excluding hydrogens is 386 g/mol. The van der Waals surface area contributed by atoms with Crippen LogP contribution >= 0.6 is 12.6 Å². The van der Waals surface area contributed by atoms with Gasteiger partial charge in [0, 0.05) is 23.3 Å². The topological polar surface area (TPSA) is 12.5 Å². The third-order valence-corrected chi connectivity index (χ3v) is 5.88. The van der Waals surface area contributed by atoms with Crippen LogP contribution in [0.15, 0.2) is 83.3 Å². The summed E-state index contributed by atoms with van der Waals surface area (Å²) in [7, 11) is 2.09. The minimum absolute atomic E-state index is 0.606.